The Bertz CT molecular complexity index is 447. The van der Waals surface area contributed by atoms with Gasteiger partial charge in [-0.2, -0.15) is 0 Å². The Morgan fingerprint density at radius 3 is 2.30 bits per heavy atom. The molecule has 1 aromatic rings. The van der Waals surface area contributed by atoms with E-state index in [1.165, 1.54) is 6.07 Å². The van der Waals surface area contributed by atoms with Crippen molar-refractivity contribution in [3.05, 3.63) is 35.4 Å². The summed E-state index contributed by atoms with van der Waals surface area (Å²) in [6.07, 6.45) is 0.0225. The highest BCUT2D eigenvalue weighted by Crippen LogP contribution is 2.20. The van der Waals surface area contributed by atoms with E-state index in [1.54, 1.807) is 14.2 Å². The molecule has 1 aliphatic heterocycles. The van der Waals surface area contributed by atoms with Crippen molar-refractivity contribution in [2.45, 2.75) is 18.2 Å². The standard InChI is InChI=1S/C14H20F2N2O2/c1-19-13-7-18(8-14(13)20-2)6-12(17)9-3-4-10(15)11(16)5-9/h3-5,12-14H,6-8,17H2,1-2H3. The third-order valence-corrected chi connectivity index (χ3v) is 3.72. The summed E-state index contributed by atoms with van der Waals surface area (Å²) in [5.41, 5.74) is 6.64. The van der Waals surface area contributed by atoms with Crippen molar-refractivity contribution in [1.29, 1.82) is 0 Å². The van der Waals surface area contributed by atoms with Gasteiger partial charge in [-0.15, -0.1) is 0 Å². The van der Waals surface area contributed by atoms with Gasteiger partial charge in [-0.3, -0.25) is 4.90 Å². The molecule has 0 aromatic heterocycles. The predicted octanol–water partition coefficient (Wildman–Crippen LogP) is 1.31. The zero-order valence-corrected chi connectivity index (χ0v) is 11.7. The molecule has 4 nitrogen and oxygen atoms in total. The van der Waals surface area contributed by atoms with Crippen molar-refractivity contribution in [1.82, 2.24) is 4.90 Å². The van der Waals surface area contributed by atoms with Gasteiger partial charge in [0, 0.05) is 39.9 Å². The molecule has 0 aliphatic carbocycles. The highest BCUT2D eigenvalue weighted by Gasteiger charge is 2.33. The molecule has 2 N–H and O–H groups in total. The van der Waals surface area contributed by atoms with Gasteiger partial charge in [-0.1, -0.05) is 6.07 Å². The van der Waals surface area contributed by atoms with Gasteiger partial charge in [0.15, 0.2) is 11.6 Å². The zero-order chi connectivity index (χ0) is 14.7. The molecular formula is C14H20F2N2O2. The Labute approximate surface area is 117 Å². The summed E-state index contributed by atoms with van der Waals surface area (Å²) in [5.74, 6) is -1.73. The number of nitrogens with zero attached hydrogens (tertiary/aromatic N) is 1. The Kier molecular flexibility index (Phi) is 5.04. The van der Waals surface area contributed by atoms with E-state index in [1.807, 2.05) is 0 Å². The number of hydrogen-bond acceptors (Lipinski definition) is 4. The van der Waals surface area contributed by atoms with E-state index in [9.17, 15) is 8.78 Å². The van der Waals surface area contributed by atoms with Crippen molar-refractivity contribution < 1.29 is 18.3 Å². The lowest BCUT2D eigenvalue weighted by molar-refractivity contribution is -0.00461. The molecule has 3 atom stereocenters. The second-order valence-electron chi connectivity index (χ2n) is 5.05. The lowest BCUT2D eigenvalue weighted by atomic mass is 10.1. The van der Waals surface area contributed by atoms with E-state index in [0.717, 1.165) is 12.1 Å². The maximum absolute atomic E-state index is 13.2. The van der Waals surface area contributed by atoms with Gasteiger partial charge in [0.2, 0.25) is 0 Å². The van der Waals surface area contributed by atoms with Crippen molar-refractivity contribution in [2.75, 3.05) is 33.9 Å². The fraction of sp³-hybridized carbons (Fsp3) is 0.571. The second kappa shape index (κ2) is 6.58. The molecular weight excluding hydrogens is 266 g/mol. The van der Waals surface area contributed by atoms with Gasteiger partial charge in [-0.05, 0) is 17.7 Å². The van der Waals surface area contributed by atoms with Gasteiger partial charge in [0.1, 0.15) is 0 Å². The molecule has 0 saturated carbocycles. The van der Waals surface area contributed by atoms with Crippen LogP contribution in [0, 0.1) is 11.6 Å². The molecule has 2 rings (SSSR count). The summed E-state index contributed by atoms with van der Waals surface area (Å²) in [7, 11) is 3.30. The van der Waals surface area contributed by atoms with Crippen LogP contribution in [0.25, 0.3) is 0 Å². The minimum Gasteiger partial charge on any atom is -0.377 e. The topological polar surface area (TPSA) is 47.7 Å². The first-order valence-electron chi connectivity index (χ1n) is 6.53. The fourth-order valence-electron chi connectivity index (χ4n) is 2.55. The number of nitrogens with two attached hydrogens (primary N) is 1. The van der Waals surface area contributed by atoms with Gasteiger partial charge >= 0.3 is 0 Å². The molecule has 6 heteroatoms. The van der Waals surface area contributed by atoms with Crippen molar-refractivity contribution >= 4 is 0 Å². The number of benzene rings is 1. The van der Waals surface area contributed by atoms with Crippen molar-refractivity contribution in [3.63, 3.8) is 0 Å². The lowest BCUT2D eigenvalue weighted by Gasteiger charge is -2.20. The van der Waals surface area contributed by atoms with E-state index < -0.39 is 11.6 Å². The molecule has 20 heavy (non-hydrogen) atoms. The number of methoxy groups -OCH3 is 2. The maximum atomic E-state index is 13.2. The van der Waals surface area contributed by atoms with Crippen molar-refractivity contribution in [3.8, 4) is 0 Å². The summed E-state index contributed by atoms with van der Waals surface area (Å²) < 4.78 is 36.8. The van der Waals surface area contributed by atoms with Crippen molar-refractivity contribution in [2.24, 2.45) is 5.73 Å². The van der Waals surface area contributed by atoms with Gasteiger partial charge < -0.3 is 15.2 Å². The summed E-state index contributed by atoms with van der Waals surface area (Å²) >= 11 is 0. The Morgan fingerprint density at radius 1 is 1.20 bits per heavy atom. The number of ether oxygens (including phenoxy) is 2. The molecule has 112 valence electrons. The first-order valence-corrected chi connectivity index (χ1v) is 6.53. The fourth-order valence-corrected chi connectivity index (χ4v) is 2.55. The molecule has 3 unspecified atom stereocenters. The number of hydrogen-bond donors (Lipinski definition) is 1. The Balaban J connectivity index is 1.98. The highest BCUT2D eigenvalue weighted by atomic mass is 19.2. The number of likely N-dealkylation sites (tertiary alicyclic amines) is 1. The molecule has 1 saturated heterocycles. The minimum atomic E-state index is -0.871. The van der Waals surface area contributed by atoms with Crippen LogP contribution < -0.4 is 5.73 Å². The molecule has 0 spiro atoms. The van der Waals surface area contributed by atoms with E-state index in [-0.39, 0.29) is 18.2 Å². The predicted molar refractivity (Wildman–Crippen MR) is 71.3 cm³/mol. The van der Waals surface area contributed by atoms with E-state index >= 15 is 0 Å². The number of halogens is 2. The summed E-state index contributed by atoms with van der Waals surface area (Å²) in [6.45, 7) is 1.98. The van der Waals surface area contributed by atoms with Crippen LogP contribution in [0.5, 0.6) is 0 Å². The lowest BCUT2D eigenvalue weighted by Crippen LogP contribution is -2.31. The van der Waals surface area contributed by atoms with Crippen LogP contribution in [0.2, 0.25) is 0 Å². The summed E-state index contributed by atoms with van der Waals surface area (Å²) in [6, 6.07) is 3.39. The van der Waals surface area contributed by atoms with E-state index in [4.69, 9.17) is 15.2 Å². The number of rotatable bonds is 5. The minimum absolute atomic E-state index is 0.0113. The quantitative estimate of drug-likeness (QED) is 0.886. The molecule has 1 fully saturated rings. The largest absolute Gasteiger partial charge is 0.377 e. The normalized spacial score (nSPS) is 25.1. The molecule has 0 radical (unpaired) electrons. The maximum Gasteiger partial charge on any atom is 0.159 e. The van der Waals surface area contributed by atoms with Crippen LogP contribution in [0.3, 0.4) is 0 Å². The second-order valence-corrected chi connectivity index (χ2v) is 5.05. The highest BCUT2D eigenvalue weighted by molar-refractivity contribution is 5.21. The van der Waals surface area contributed by atoms with E-state index in [2.05, 4.69) is 4.90 Å². The Hall–Kier alpha value is -1.08. The van der Waals surface area contributed by atoms with E-state index in [0.29, 0.717) is 25.2 Å². The monoisotopic (exact) mass is 286 g/mol. The average Bonchev–Trinajstić information content (AvgIpc) is 2.83. The molecule has 1 aromatic carbocycles. The average molecular weight is 286 g/mol. The molecule has 1 heterocycles. The van der Waals surface area contributed by atoms with Crippen LogP contribution >= 0.6 is 0 Å². The smallest absolute Gasteiger partial charge is 0.159 e. The van der Waals surface area contributed by atoms with Crippen LogP contribution in [-0.2, 0) is 9.47 Å². The molecule has 1 aliphatic rings. The SMILES string of the molecule is COC1CN(CC(N)c2ccc(F)c(F)c2)CC1OC. The first kappa shape index (κ1) is 15.3. The van der Waals surface area contributed by atoms with Crippen LogP contribution in [0.15, 0.2) is 18.2 Å². The first-order chi connectivity index (χ1) is 9.55. The van der Waals surface area contributed by atoms with Crippen LogP contribution in [-0.4, -0.2) is 51.0 Å². The van der Waals surface area contributed by atoms with Gasteiger partial charge in [0.05, 0.1) is 12.2 Å². The van der Waals surface area contributed by atoms with Gasteiger partial charge in [0.25, 0.3) is 0 Å². The Morgan fingerprint density at radius 2 is 1.80 bits per heavy atom. The zero-order valence-electron chi connectivity index (χ0n) is 11.7. The van der Waals surface area contributed by atoms with Gasteiger partial charge in [-0.25, -0.2) is 8.78 Å². The summed E-state index contributed by atoms with van der Waals surface area (Å²) in [4.78, 5) is 2.11. The molecule has 0 amide bonds. The third-order valence-electron chi connectivity index (χ3n) is 3.72. The third kappa shape index (κ3) is 3.32. The summed E-state index contributed by atoms with van der Waals surface area (Å²) in [5, 5.41) is 0. The molecule has 0 bridgehead atoms. The van der Waals surface area contributed by atoms with Crippen LogP contribution in [0.4, 0.5) is 8.78 Å². The van der Waals surface area contributed by atoms with Crippen LogP contribution in [0.1, 0.15) is 11.6 Å².